The van der Waals surface area contributed by atoms with Crippen LogP contribution in [0.2, 0.25) is 0 Å². The van der Waals surface area contributed by atoms with Crippen molar-refractivity contribution in [3.63, 3.8) is 0 Å². The molecule has 1 fully saturated rings. The lowest BCUT2D eigenvalue weighted by Crippen LogP contribution is -2.44. The summed E-state index contributed by atoms with van der Waals surface area (Å²) in [4.78, 5) is 37.3. The van der Waals surface area contributed by atoms with Crippen LogP contribution in [0.4, 0.5) is 0 Å². The largest absolute Gasteiger partial charge is 0.491 e. The number of nitrogens with zero attached hydrogens (tertiary/aromatic N) is 5. The molecule has 9 nitrogen and oxygen atoms in total. The van der Waals surface area contributed by atoms with Crippen molar-refractivity contribution >= 4 is 22.9 Å². The van der Waals surface area contributed by atoms with E-state index in [1.807, 2.05) is 18.0 Å². The van der Waals surface area contributed by atoms with Gasteiger partial charge in [0.1, 0.15) is 11.2 Å². The molecular weight excluding hydrogens is 452 g/mol. The van der Waals surface area contributed by atoms with E-state index >= 15 is 0 Å². The zero-order valence-electron chi connectivity index (χ0n) is 19.0. The number of nitrogens with one attached hydrogen (secondary N) is 1. The second kappa shape index (κ2) is 9.16. The summed E-state index contributed by atoms with van der Waals surface area (Å²) in [5.74, 6) is 1.99. The van der Waals surface area contributed by atoms with Gasteiger partial charge in [0.05, 0.1) is 35.6 Å². The maximum Gasteiger partial charge on any atom is 0.270 e. The fraction of sp³-hybridized carbons (Fsp3) is 0.500. The van der Waals surface area contributed by atoms with E-state index < -0.39 is 0 Å². The van der Waals surface area contributed by atoms with E-state index in [4.69, 9.17) is 4.74 Å². The van der Waals surface area contributed by atoms with Gasteiger partial charge >= 0.3 is 0 Å². The van der Waals surface area contributed by atoms with Gasteiger partial charge in [-0.3, -0.25) is 23.7 Å². The molecule has 1 saturated heterocycles. The maximum absolute atomic E-state index is 12.6. The summed E-state index contributed by atoms with van der Waals surface area (Å²) >= 11 is 1.85. The molecule has 1 unspecified atom stereocenters. The second-order valence-electron chi connectivity index (χ2n) is 9.24. The minimum absolute atomic E-state index is 0.0406. The number of piperidine rings is 1. The molecular formula is C24H28N6O3S. The first-order valence-electron chi connectivity index (χ1n) is 12.0. The van der Waals surface area contributed by atoms with Crippen molar-refractivity contribution in [2.75, 3.05) is 32.0 Å². The molecule has 6 heterocycles. The Morgan fingerprint density at radius 2 is 2.00 bits per heavy atom. The van der Waals surface area contributed by atoms with E-state index in [-0.39, 0.29) is 17.2 Å². The summed E-state index contributed by atoms with van der Waals surface area (Å²) in [5, 5.41) is 3.67. The number of ether oxygens (including phenoxy) is 1. The van der Waals surface area contributed by atoms with Crippen LogP contribution in [0.1, 0.15) is 31.0 Å². The molecule has 10 heteroatoms. The number of fused-ring (bicyclic) bond motifs is 1. The number of rotatable bonds is 5. The fourth-order valence-corrected chi connectivity index (χ4v) is 6.19. The number of likely N-dealkylation sites (tertiary alicyclic amines) is 1. The van der Waals surface area contributed by atoms with Crippen LogP contribution in [0, 0.1) is 0 Å². The molecule has 3 aliphatic heterocycles. The molecule has 0 bridgehead atoms. The van der Waals surface area contributed by atoms with Crippen LogP contribution in [0.5, 0.6) is 5.75 Å². The number of thioether (sulfide) groups is 1. The third kappa shape index (κ3) is 4.14. The lowest BCUT2D eigenvalue weighted by Gasteiger charge is -2.34. The first-order chi connectivity index (χ1) is 16.7. The highest BCUT2D eigenvalue weighted by atomic mass is 32.2. The Morgan fingerprint density at radius 3 is 2.88 bits per heavy atom. The number of aromatic nitrogens is 4. The van der Waals surface area contributed by atoms with Gasteiger partial charge in [-0.25, -0.2) is 4.98 Å². The zero-order chi connectivity index (χ0) is 23.1. The Bertz CT molecular complexity index is 1330. The van der Waals surface area contributed by atoms with Gasteiger partial charge < -0.3 is 15.0 Å². The quantitative estimate of drug-likeness (QED) is 0.589. The smallest absolute Gasteiger partial charge is 0.270 e. The van der Waals surface area contributed by atoms with E-state index in [1.54, 1.807) is 15.2 Å². The molecule has 3 aliphatic rings. The van der Waals surface area contributed by atoms with Gasteiger partial charge in [-0.2, -0.15) is 0 Å². The van der Waals surface area contributed by atoms with Crippen LogP contribution in [-0.2, 0) is 13.1 Å². The molecule has 3 aromatic rings. The van der Waals surface area contributed by atoms with Crippen molar-refractivity contribution < 1.29 is 4.74 Å². The summed E-state index contributed by atoms with van der Waals surface area (Å²) in [6, 6.07) is 5.80. The first kappa shape index (κ1) is 21.8. The van der Waals surface area contributed by atoms with Crippen LogP contribution in [-0.4, -0.2) is 62.0 Å². The van der Waals surface area contributed by atoms with Crippen molar-refractivity contribution in [2.24, 2.45) is 0 Å². The van der Waals surface area contributed by atoms with Gasteiger partial charge in [0.25, 0.3) is 11.1 Å². The highest BCUT2D eigenvalue weighted by Gasteiger charge is 2.29. The van der Waals surface area contributed by atoms with Gasteiger partial charge in [-0.15, -0.1) is 11.8 Å². The van der Waals surface area contributed by atoms with Crippen molar-refractivity contribution in [3.8, 4) is 5.75 Å². The summed E-state index contributed by atoms with van der Waals surface area (Å²) in [6.45, 7) is 4.73. The monoisotopic (exact) mass is 480 g/mol. The van der Waals surface area contributed by atoms with Crippen LogP contribution < -0.4 is 21.2 Å². The highest BCUT2D eigenvalue weighted by molar-refractivity contribution is 7.99. The fourth-order valence-electron chi connectivity index (χ4n) is 5.24. The van der Waals surface area contributed by atoms with Crippen LogP contribution in [0.3, 0.4) is 0 Å². The third-order valence-corrected chi connectivity index (χ3v) is 8.12. The van der Waals surface area contributed by atoms with E-state index in [2.05, 4.69) is 26.3 Å². The third-order valence-electron chi connectivity index (χ3n) is 6.99. The Labute approximate surface area is 201 Å². The SMILES string of the molecule is O=c1ccc2ncc(=O)n3c2n1CC3CN1CCC(NCc2cc3c(cn2)OCCCS3)CC1. The molecule has 1 N–H and O–H groups in total. The molecule has 178 valence electrons. The summed E-state index contributed by atoms with van der Waals surface area (Å²) in [7, 11) is 0. The molecule has 0 spiro atoms. The van der Waals surface area contributed by atoms with E-state index in [1.165, 1.54) is 17.2 Å². The lowest BCUT2D eigenvalue weighted by atomic mass is 10.0. The summed E-state index contributed by atoms with van der Waals surface area (Å²) in [6.07, 6.45) is 6.38. The van der Waals surface area contributed by atoms with Gasteiger partial charge in [0.15, 0.2) is 5.75 Å². The van der Waals surface area contributed by atoms with E-state index in [0.717, 1.165) is 69.2 Å². The molecule has 6 rings (SSSR count). The number of hydrogen-bond donors (Lipinski definition) is 1. The van der Waals surface area contributed by atoms with Crippen LogP contribution in [0.15, 0.2) is 45.1 Å². The lowest BCUT2D eigenvalue weighted by molar-refractivity contribution is 0.171. The molecule has 3 aromatic heterocycles. The molecule has 0 amide bonds. The van der Waals surface area contributed by atoms with Crippen molar-refractivity contribution in [1.29, 1.82) is 0 Å². The molecule has 0 aromatic carbocycles. The predicted octanol–water partition coefficient (Wildman–Crippen LogP) is 1.64. The second-order valence-corrected chi connectivity index (χ2v) is 10.4. The van der Waals surface area contributed by atoms with E-state index in [9.17, 15) is 9.59 Å². The first-order valence-corrected chi connectivity index (χ1v) is 13.0. The summed E-state index contributed by atoms with van der Waals surface area (Å²) in [5.41, 5.74) is 2.19. The number of pyridine rings is 2. The molecule has 0 aliphatic carbocycles. The number of hydrogen-bond acceptors (Lipinski definition) is 8. The molecule has 0 radical (unpaired) electrons. The molecule has 1 atom stereocenters. The van der Waals surface area contributed by atoms with Crippen molar-refractivity contribution in [3.05, 3.63) is 57.0 Å². The normalized spacial score (nSPS) is 20.8. The average molecular weight is 481 g/mol. The predicted molar refractivity (Wildman–Crippen MR) is 131 cm³/mol. The van der Waals surface area contributed by atoms with Gasteiger partial charge in [-0.1, -0.05) is 0 Å². The van der Waals surface area contributed by atoms with Crippen LogP contribution >= 0.6 is 11.8 Å². The average Bonchev–Trinajstić information content (AvgIpc) is 3.08. The van der Waals surface area contributed by atoms with Crippen molar-refractivity contribution in [1.82, 2.24) is 29.3 Å². The highest BCUT2D eigenvalue weighted by Crippen LogP contribution is 2.32. The minimum Gasteiger partial charge on any atom is -0.491 e. The molecule has 34 heavy (non-hydrogen) atoms. The summed E-state index contributed by atoms with van der Waals surface area (Å²) < 4.78 is 9.22. The Kier molecular flexibility index (Phi) is 5.88. The topological polar surface area (TPSA) is 94.3 Å². The van der Waals surface area contributed by atoms with E-state index in [0.29, 0.717) is 23.8 Å². The Hall–Kier alpha value is -2.69. The minimum atomic E-state index is -0.136. The zero-order valence-corrected chi connectivity index (χ0v) is 19.8. The van der Waals surface area contributed by atoms with Gasteiger partial charge in [-0.05, 0) is 44.5 Å². The van der Waals surface area contributed by atoms with Gasteiger partial charge in [0, 0.05) is 37.5 Å². The Balaban J connectivity index is 1.06. The standard InChI is InChI=1S/C24H28N6O3S/c31-22-3-2-19-24-29(22)15-18(30(24)23(32)13-27-19)14-28-6-4-16(5-7-28)25-11-17-10-21-20(12-26-17)33-8-1-9-34-21/h2-3,10,12-13,16,18,25H,1,4-9,11,14-15H2. The maximum atomic E-state index is 12.6. The molecule has 0 saturated carbocycles. The van der Waals surface area contributed by atoms with Crippen LogP contribution in [0.25, 0.3) is 11.2 Å². The Morgan fingerprint density at radius 1 is 1.12 bits per heavy atom. The van der Waals surface area contributed by atoms with Gasteiger partial charge in [0.2, 0.25) is 0 Å². The van der Waals surface area contributed by atoms with Crippen molar-refractivity contribution in [2.45, 2.75) is 49.3 Å².